The highest BCUT2D eigenvalue weighted by atomic mass is 32.1. The van der Waals surface area contributed by atoms with Crippen LogP contribution in [0.4, 0.5) is 5.00 Å². The molecule has 2 aliphatic rings. The van der Waals surface area contributed by atoms with Gasteiger partial charge < -0.3 is 15.0 Å². The zero-order valence-corrected chi connectivity index (χ0v) is 11.8. The third-order valence-electron chi connectivity index (χ3n) is 4.04. The summed E-state index contributed by atoms with van der Waals surface area (Å²) in [5.41, 5.74) is 6.69. The number of thiophene rings is 1. The summed E-state index contributed by atoms with van der Waals surface area (Å²) in [6, 6.07) is 2.47. The van der Waals surface area contributed by atoms with Crippen LogP contribution in [0.15, 0.2) is 16.0 Å². The number of anilines is 1. The zero-order valence-electron chi connectivity index (χ0n) is 11.0. The Balaban J connectivity index is 1.55. The number of aromatic nitrogens is 2. The van der Waals surface area contributed by atoms with E-state index in [2.05, 4.69) is 15.0 Å². The molecule has 2 N–H and O–H groups in total. The molecule has 0 saturated carbocycles. The van der Waals surface area contributed by atoms with Crippen LogP contribution < -0.4 is 5.73 Å². The lowest BCUT2D eigenvalue weighted by Gasteiger charge is -2.33. The molecule has 2 atom stereocenters. The molecule has 2 saturated heterocycles. The maximum absolute atomic E-state index is 5.88. The van der Waals surface area contributed by atoms with E-state index >= 15 is 0 Å². The molecule has 0 aromatic carbocycles. The smallest absolute Gasteiger partial charge is 0.261 e. The van der Waals surface area contributed by atoms with Gasteiger partial charge in [0.15, 0.2) is 0 Å². The molecular weight excluding hydrogens is 276 g/mol. The van der Waals surface area contributed by atoms with Gasteiger partial charge in [-0.25, -0.2) is 0 Å². The molecule has 0 bridgehead atoms. The lowest BCUT2D eigenvalue weighted by atomic mass is 10.2. The first kappa shape index (κ1) is 12.3. The maximum atomic E-state index is 5.88. The van der Waals surface area contributed by atoms with Crippen molar-refractivity contribution in [1.29, 1.82) is 0 Å². The van der Waals surface area contributed by atoms with Crippen LogP contribution in [0, 0.1) is 0 Å². The Morgan fingerprint density at radius 3 is 3.25 bits per heavy atom. The van der Waals surface area contributed by atoms with Crippen LogP contribution in [0.1, 0.15) is 24.8 Å². The van der Waals surface area contributed by atoms with E-state index in [0.29, 0.717) is 22.8 Å². The average Bonchev–Trinajstić information content (AvgIpc) is 3.17. The summed E-state index contributed by atoms with van der Waals surface area (Å²) in [6.45, 7) is 2.75. The summed E-state index contributed by atoms with van der Waals surface area (Å²) in [5, 5.41) is 6.68. The number of morpholine rings is 1. The molecule has 20 heavy (non-hydrogen) atoms. The Bertz CT molecular complexity index is 611. The van der Waals surface area contributed by atoms with Gasteiger partial charge in [-0.1, -0.05) is 5.16 Å². The minimum atomic E-state index is -0.0956. The Labute approximate surface area is 120 Å². The Morgan fingerprint density at radius 2 is 2.40 bits per heavy atom. The molecular formula is C13H16N4O2S. The molecule has 4 heterocycles. The van der Waals surface area contributed by atoms with Gasteiger partial charge in [-0.05, 0) is 30.8 Å². The highest BCUT2D eigenvalue weighted by molar-refractivity contribution is 7.14. The number of ether oxygens (including phenoxy) is 1. The fraction of sp³-hybridized carbons (Fsp3) is 0.538. The predicted molar refractivity (Wildman–Crippen MR) is 75.3 cm³/mol. The Hall–Kier alpha value is -1.44. The number of fused-ring (bicyclic) bond motifs is 1. The quantitative estimate of drug-likeness (QED) is 0.911. The standard InChI is InChI=1S/C13H16N4O2S/c14-11-9(3-5-20-11)13-15-12(16-19-13)10-6-17-4-1-2-8(17)7-18-10/h3,5,8,10H,1-2,4,6-7,14H2. The highest BCUT2D eigenvalue weighted by Gasteiger charge is 2.35. The van der Waals surface area contributed by atoms with Gasteiger partial charge in [-0.3, -0.25) is 4.90 Å². The molecule has 0 radical (unpaired) electrons. The molecule has 2 aliphatic heterocycles. The van der Waals surface area contributed by atoms with E-state index in [1.54, 1.807) is 0 Å². The van der Waals surface area contributed by atoms with Gasteiger partial charge in [-0.2, -0.15) is 4.98 Å². The molecule has 0 aliphatic carbocycles. The van der Waals surface area contributed by atoms with Gasteiger partial charge in [0.05, 0.1) is 17.2 Å². The van der Waals surface area contributed by atoms with Crippen LogP contribution in [0.25, 0.3) is 11.5 Å². The molecule has 7 heteroatoms. The number of nitrogens with two attached hydrogens (primary N) is 1. The normalized spacial score (nSPS) is 26.8. The molecule has 0 spiro atoms. The van der Waals surface area contributed by atoms with E-state index in [4.69, 9.17) is 15.0 Å². The van der Waals surface area contributed by atoms with Crippen molar-refractivity contribution < 1.29 is 9.26 Å². The van der Waals surface area contributed by atoms with E-state index in [9.17, 15) is 0 Å². The monoisotopic (exact) mass is 292 g/mol. The van der Waals surface area contributed by atoms with Gasteiger partial charge in [0.25, 0.3) is 5.89 Å². The number of hydrogen-bond acceptors (Lipinski definition) is 7. The van der Waals surface area contributed by atoms with Crippen LogP contribution in [0.2, 0.25) is 0 Å². The lowest BCUT2D eigenvalue weighted by Crippen LogP contribution is -2.42. The van der Waals surface area contributed by atoms with Crippen LogP contribution >= 0.6 is 11.3 Å². The molecule has 2 fully saturated rings. The molecule has 106 valence electrons. The predicted octanol–water partition coefficient (Wildman–Crippen LogP) is 1.92. The van der Waals surface area contributed by atoms with E-state index in [-0.39, 0.29) is 6.10 Å². The van der Waals surface area contributed by atoms with Crippen molar-refractivity contribution in [1.82, 2.24) is 15.0 Å². The van der Waals surface area contributed by atoms with Crippen LogP contribution in [0.3, 0.4) is 0 Å². The number of rotatable bonds is 2. The van der Waals surface area contributed by atoms with Crippen molar-refractivity contribution in [2.24, 2.45) is 0 Å². The number of nitrogen functional groups attached to an aromatic ring is 1. The third kappa shape index (κ3) is 2.02. The fourth-order valence-corrected chi connectivity index (χ4v) is 3.58. The maximum Gasteiger partial charge on any atom is 0.261 e. The molecule has 2 unspecified atom stereocenters. The van der Waals surface area contributed by atoms with E-state index in [1.807, 2.05) is 11.4 Å². The summed E-state index contributed by atoms with van der Waals surface area (Å²) in [5.74, 6) is 1.10. The second kappa shape index (κ2) is 4.83. The van der Waals surface area contributed by atoms with Crippen LogP contribution in [-0.4, -0.2) is 40.8 Å². The highest BCUT2D eigenvalue weighted by Crippen LogP contribution is 2.32. The van der Waals surface area contributed by atoms with E-state index in [1.165, 1.54) is 24.2 Å². The lowest BCUT2D eigenvalue weighted by molar-refractivity contribution is -0.0548. The van der Waals surface area contributed by atoms with Crippen molar-refractivity contribution in [3.05, 3.63) is 17.3 Å². The van der Waals surface area contributed by atoms with Crippen molar-refractivity contribution in [2.45, 2.75) is 25.0 Å². The van der Waals surface area contributed by atoms with Crippen LogP contribution in [-0.2, 0) is 4.74 Å². The van der Waals surface area contributed by atoms with Crippen molar-refractivity contribution >= 4 is 16.3 Å². The molecule has 2 aromatic rings. The SMILES string of the molecule is Nc1sccc1-c1nc(C2CN3CCCC3CO2)no1. The third-order valence-corrected chi connectivity index (χ3v) is 4.79. The molecule has 2 aromatic heterocycles. The van der Waals surface area contributed by atoms with Gasteiger partial charge >= 0.3 is 0 Å². The zero-order chi connectivity index (χ0) is 13.5. The summed E-state index contributed by atoms with van der Waals surface area (Å²) >= 11 is 1.47. The molecule has 0 amide bonds. The molecule has 4 rings (SSSR count). The Kier molecular flexibility index (Phi) is 2.98. The first-order chi connectivity index (χ1) is 9.81. The number of hydrogen-bond donors (Lipinski definition) is 1. The minimum absolute atomic E-state index is 0.0956. The van der Waals surface area contributed by atoms with Crippen LogP contribution in [0.5, 0.6) is 0 Å². The van der Waals surface area contributed by atoms with E-state index < -0.39 is 0 Å². The topological polar surface area (TPSA) is 77.4 Å². The van der Waals surface area contributed by atoms with E-state index in [0.717, 1.165) is 25.3 Å². The summed E-state index contributed by atoms with van der Waals surface area (Å²) in [7, 11) is 0. The van der Waals surface area contributed by atoms with Gasteiger partial charge in [0, 0.05) is 12.6 Å². The molecule has 6 nitrogen and oxygen atoms in total. The number of nitrogens with zero attached hydrogens (tertiary/aromatic N) is 3. The first-order valence-corrected chi connectivity index (χ1v) is 7.72. The van der Waals surface area contributed by atoms with Gasteiger partial charge in [0.2, 0.25) is 5.82 Å². The van der Waals surface area contributed by atoms with Crippen molar-refractivity contribution in [3.63, 3.8) is 0 Å². The average molecular weight is 292 g/mol. The fourth-order valence-electron chi connectivity index (χ4n) is 2.95. The second-order valence-electron chi connectivity index (χ2n) is 5.27. The second-order valence-corrected chi connectivity index (χ2v) is 6.22. The minimum Gasteiger partial charge on any atom is -0.390 e. The Morgan fingerprint density at radius 1 is 1.45 bits per heavy atom. The van der Waals surface area contributed by atoms with Gasteiger partial charge in [0.1, 0.15) is 6.10 Å². The summed E-state index contributed by atoms with van der Waals surface area (Å²) in [4.78, 5) is 6.91. The summed E-state index contributed by atoms with van der Waals surface area (Å²) in [6.07, 6.45) is 2.39. The first-order valence-electron chi connectivity index (χ1n) is 6.84. The largest absolute Gasteiger partial charge is 0.390 e. The summed E-state index contributed by atoms with van der Waals surface area (Å²) < 4.78 is 11.2. The van der Waals surface area contributed by atoms with Gasteiger partial charge in [-0.15, -0.1) is 11.3 Å². The van der Waals surface area contributed by atoms with Crippen molar-refractivity contribution in [3.8, 4) is 11.5 Å². The van der Waals surface area contributed by atoms with Crippen molar-refractivity contribution in [2.75, 3.05) is 25.4 Å².